The van der Waals surface area contributed by atoms with Gasteiger partial charge in [-0.15, -0.1) is 11.3 Å². The number of fused-ring (bicyclic) bond motifs is 2. The molecule has 0 atom stereocenters. The first kappa shape index (κ1) is 16.0. The van der Waals surface area contributed by atoms with E-state index in [4.69, 9.17) is 4.98 Å². The second-order valence-electron chi connectivity index (χ2n) is 6.52. The molecule has 0 fully saturated rings. The molecule has 0 amide bonds. The predicted octanol–water partition coefficient (Wildman–Crippen LogP) is 7.04. The highest BCUT2D eigenvalue weighted by molar-refractivity contribution is 7.19. The Hall–Kier alpha value is -3.23. The molecule has 0 radical (unpaired) electrons. The summed E-state index contributed by atoms with van der Waals surface area (Å²) in [5, 5.41) is 3.56. The summed E-state index contributed by atoms with van der Waals surface area (Å²) in [7, 11) is 0. The van der Waals surface area contributed by atoms with Crippen molar-refractivity contribution in [1.29, 1.82) is 0 Å². The Labute approximate surface area is 162 Å². The van der Waals surface area contributed by atoms with E-state index in [0.717, 1.165) is 16.1 Å². The van der Waals surface area contributed by atoms with E-state index in [9.17, 15) is 0 Å². The lowest BCUT2D eigenvalue weighted by Crippen LogP contribution is -1.87. The van der Waals surface area contributed by atoms with E-state index in [2.05, 4.69) is 97.1 Å². The molecule has 1 heterocycles. The molecule has 1 aromatic heterocycles. The van der Waals surface area contributed by atoms with Gasteiger partial charge in [0.1, 0.15) is 5.01 Å². The van der Waals surface area contributed by atoms with E-state index >= 15 is 0 Å². The summed E-state index contributed by atoms with van der Waals surface area (Å²) < 4.78 is 1.22. The Morgan fingerprint density at radius 1 is 0.704 bits per heavy atom. The number of thiazole rings is 1. The maximum Gasteiger partial charge on any atom is 0.125 e. The van der Waals surface area contributed by atoms with Gasteiger partial charge in [-0.3, -0.25) is 0 Å². The first-order valence-electron chi connectivity index (χ1n) is 8.99. The number of hydrogen-bond donors (Lipinski definition) is 0. The molecule has 1 nitrogen and oxygen atoms in total. The minimum absolute atomic E-state index is 1.05. The minimum Gasteiger partial charge on any atom is -0.236 e. The van der Waals surface area contributed by atoms with Gasteiger partial charge in [-0.05, 0) is 46.2 Å². The van der Waals surface area contributed by atoms with Crippen molar-refractivity contribution in [2.24, 2.45) is 0 Å². The Bertz CT molecular complexity index is 1230. The fourth-order valence-corrected chi connectivity index (χ4v) is 4.34. The van der Waals surface area contributed by atoms with Crippen LogP contribution < -0.4 is 0 Å². The van der Waals surface area contributed by atoms with Crippen LogP contribution in [-0.2, 0) is 0 Å². The summed E-state index contributed by atoms with van der Waals surface area (Å²) in [6.45, 7) is 0. The largest absolute Gasteiger partial charge is 0.236 e. The lowest BCUT2D eigenvalue weighted by Gasteiger charge is -2.06. The maximum absolute atomic E-state index is 4.90. The van der Waals surface area contributed by atoms with Crippen LogP contribution in [0.1, 0.15) is 16.1 Å². The van der Waals surface area contributed by atoms with Crippen LogP contribution in [0.15, 0.2) is 97.1 Å². The molecule has 0 saturated heterocycles. The van der Waals surface area contributed by atoms with Crippen LogP contribution in [-0.4, -0.2) is 4.98 Å². The van der Waals surface area contributed by atoms with E-state index in [0.29, 0.717) is 0 Å². The molecule has 0 aliphatic rings. The molecular formula is C25H17NS. The van der Waals surface area contributed by atoms with Crippen molar-refractivity contribution >= 4 is 44.0 Å². The van der Waals surface area contributed by atoms with E-state index in [-0.39, 0.29) is 0 Å². The minimum atomic E-state index is 1.05. The lowest BCUT2D eigenvalue weighted by atomic mass is 10.0. The second-order valence-corrected chi connectivity index (χ2v) is 7.55. The van der Waals surface area contributed by atoms with Gasteiger partial charge < -0.3 is 0 Å². The van der Waals surface area contributed by atoms with Crippen molar-refractivity contribution < 1.29 is 0 Å². The monoisotopic (exact) mass is 363 g/mol. The molecule has 0 aliphatic heterocycles. The van der Waals surface area contributed by atoms with Crippen molar-refractivity contribution in [3.05, 3.63) is 113 Å². The van der Waals surface area contributed by atoms with Crippen LogP contribution in [0.25, 0.3) is 32.6 Å². The SMILES string of the molecule is C(=C(c1ccccc1)c1nc2ccccc2s1)c1ccc2ccccc2c1. The second kappa shape index (κ2) is 6.82. The summed E-state index contributed by atoms with van der Waals surface area (Å²) in [4.78, 5) is 4.90. The predicted molar refractivity (Wildman–Crippen MR) is 117 cm³/mol. The summed E-state index contributed by atoms with van der Waals surface area (Å²) in [5.41, 5.74) is 4.58. The van der Waals surface area contributed by atoms with Crippen LogP contribution in [0.4, 0.5) is 0 Å². The number of hydrogen-bond acceptors (Lipinski definition) is 2. The van der Waals surface area contributed by atoms with Gasteiger partial charge in [0, 0.05) is 5.57 Å². The van der Waals surface area contributed by atoms with Crippen molar-refractivity contribution in [1.82, 2.24) is 4.98 Å². The van der Waals surface area contributed by atoms with Crippen LogP contribution in [0, 0.1) is 0 Å². The molecule has 0 spiro atoms. The van der Waals surface area contributed by atoms with Crippen molar-refractivity contribution in [3.63, 3.8) is 0 Å². The summed E-state index contributed by atoms with van der Waals surface area (Å²) in [6.07, 6.45) is 2.25. The number of benzene rings is 4. The molecule has 0 saturated carbocycles. The number of aromatic nitrogens is 1. The van der Waals surface area contributed by atoms with E-state index in [1.165, 1.54) is 26.6 Å². The van der Waals surface area contributed by atoms with Gasteiger partial charge in [0.05, 0.1) is 10.2 Å². The van der Waals surface area contributed by atoms with Gasteiger partial charge in [-0.2, -0.15) is 0 Å². The van der Waals surface area contributed by atoms with E-state index < -0.39 is 0 Å². The fraction of sp³-hybridized carbons (Fsp3) is 0. The smallest absolute Gasteiger partial charge is 0.125 e. The lowest BCUT2D eigenvalue weighted by molar-refractivity contribution is 1.43. The Morgan fingerprint density at radius 3 is 2.30 bits per heavy atom. The molecule has 5 rings (SSSR count). The highest BCUT2D eigenvalue weighted by atomic mass is 32.1. The molecule has 0 bridgehead atoms. The Kier molecular flexibility index (Phi) is 4.04. The molecule has 0 N–H and O–H groups in total. The van der Waals surface area contributed by atoms with Crippen LogP contribution in [0.3, 0.4) is 0 Å². The van der Waals surface area contributed by atoms with Crippen LogP contribution in [0.2, 0.25) is 0 Å². The zero-order chi connectivity index (χ0) is 18.1. The van der Waals surface area contributed by atoms with Crippen LogP contribution >= 0.6 is 11.3 Å². The molecule has 128 valence electrons. The quantitative estimate of drug-likeness (QED) is 0.313. The average Bonchev–Trinajstić information content (AvgIpc) is 3.16. The van der Waals surface area contributed by atoms with E-state index in [1.807, 2.05) is 6.07 Å². The molecule has 0 aliphatic carbocycles. The number of nitrogens with zero attached hydrogens (tertiary/aromatic N) is 1. The summed E-state index contributed by atoms with van der Waals surface area (Å²) in [6, 6.07) is 33.9. The van der Waals surface area contributed by atoms with Gasteiger partial charge in [-0.25, -0.2) is 4.98 Å². The van der Waals surface area contributed by atoms with Crippen molar-refractivity contribution in [2.45, 2.75) is 0 Å². The standard InChI is InChI=1S/C25H17NS/c1-2-9-20(10-3-1)22(25-26-23-12-6-7-13-24(23)27-25)17-18-14-15-19-8-4-5-11-21(19)16-18/h1-17H. The molecule has 5 aromatic rings. The number of rotatable bonds is 3. The normalized spacial score (nSPS) is 11.9. The summed E-state index contributed by atoms with van der Waals surface area (Å²) in [5.74, 6) is 0. The van der Waals surface area contributed by atoms with Gasteiger partial charge in [0.15, 0.2) is 0 Å². The van der Waals surface area contributed by atoms with E-state index in [1.54, 1.807) is 11.3 Å². The van der Waals surface area contributed by atoms with Crippen molar-refractivity contribution in [2.75, 3.05) is 0 Å². The molecule has 4 aromatic carbocycles. The van der Waals surface area contributed by atoms with Gasteiger partial charge in [-0.1, -0.05) is 78.9 Å². The molecule has 0 unspecified atom stereocenters. The highest BCUT2D eigenvalue weighted by Gasteiger charge is 2.11. The first-order valence-corrected chi connectivity index (χ1v) is 9.80. The van der Waals surface area contributed by atoms with Gasteiger partial charge in [0.25, 0.3) is 0 Å². The average molecular weight is 363 g/mol. The zero-order valence-corrected chi connectivity index (χ0v) is 15.5. The Balaban J connectivity index is 1.70. The molecular weight excluding hydrogens is 346 g/mol. The van der Waals surface area contributed by atoms with Gasteiger partial charge in [0.2, 0.25) is 0 Å². The third-order valence-corrected chi connectivity index (χ3v) is 5.76. The third-order valence-electron chi connectivity index (χ3n) is 4.69. The Morgan fingerprint density at radius 2 is 1.44 bits per heavy atom. The number of para-hydroxylation sites is 1. The summed E-state index contributed by atoms with van der Waals surface area (Å²) >= 11 is 1.74. The fourth-order valence-electron chi connectivity index (χ4n) is 3.34. The first-order chi connectivity index (χ1) is 13.4. The highest BCUT2D eigenvalue weighted by Crippen LogP contribution is 2.33. The van der Waals surface area contributed by atoms with Crippen LogP contribution in [0.5, 0.6) is 0 Å². The van der Waals surface area contributed by atoms with Gasteiger partial charge >= 0.3 is 0 Å². The third kappa shape index (κ3) is 3.16. The maximum atomic E-state index is 4.90. The zero-order valence-electron chi connectivity index (χ0n) is 14.7. The topological polar surface area (TPSA) is 12.9 Å². The molecule has 2 heteroatoms. The molecule has 27 heavy (non-hydrogen) atoms. The van der Waals surface area contributed by atoms with Crippen molar-refractivity contribution in [3.8, 4) is 0 Å².